The van der Waals surface area contributed by atoms with Crippen molar-refractivity contribution in [2.75, 3.05) is 6.54 Å². The molecule has 0 radical (unpaired) electrons. The molecule has 3 heteroatoms. The van der Waals surface area contributed by atoms with Gasteiger partial charge in [-0.2, -0.15) is 0 Å². The van der Waals surface area contributed by atoms with E-state index in [-0.39, 0.29) is 0 Å². The predicted octanol–water partition coefficient (Wildman–Crippen LogP) is 4.68. The second-order valence-electron chi connectivity index (χ2n) is 6.95. The van der Waals surface area contributed by atoms with Crippen LogP contribution in [-0.4, -0.2) is 22.7 Å². The fourth-order valence-corrected chi connectivity index (χ4v) is 3.82. The first kappa shape index (κ1) is 16.1. The number of fused-ring (bicyclic) bond motifs is 1. The molecule has 1 saturated heterocycles. The Balaban J connectivity index is 1.62. The van der Waals surface area contributed by atoms with Crippen molar-refractivity contribution in [2.45, 2.75) is 38.1 Å². The standard InChI is InChI=1S/C22H24N2O/c25-20-14-16(9-10-19-7-1-2-11-23-19)13-18(15-20)21-8-3-5-17-6-4-12-24-22(17)21/h3-6,8,12-15,19,23,25H,1-2,7,9-11H2/t19-/m1/s1. The average molecular weight is 332 g/mol. The van der Waals surface area contributed by atoms with E-state index >= 15 is 0 Å². The summed E-state index contributed by atoms with van der Waals surface area (Å²) < 4.78 is 0. The number of hydrogen-bond acceptors (Lipinski definition) is 3. The SMILES string of the molecule is Oc1cc(CC[C@H]2CCCCN2)cc(-c2cccc3cccnc23)c1. The van der Waals surface area contributed by atoms with Crippen LogP contribution in [-0.2, 0) is 6.42 Å². The van der Waals surface area contributed by atoms with E-state index in [9.17, 15) is 5.11 Å². The molecule has 0 unspecified atom stereocenters. The second-order valence-corrected chi connectivity index (χ2v) is 6.95. The molecule has 2 heterocycles. The van der Waals surface area contributed by atoms with E-state index in [1.165, 1.54) is 24.8 Å². The highest BCUT2D eigenvalue weighted by molar-refractivity contribution is 5.93. The zero-order valence-electron chi connectivity index (χ0n) is 14.4. The molecule has 0 saturated carbocycles. The Morgan fingerprint density at radius 2 is 2.00 bits per heavy atom. The van der Waals surface area contributed by atoms with Crippen LogP contribution in [0.1, 0.15) is 31.2 Å². The van der Waals surface area contributed by atoms with Crippen LogP contribution in [0.4, 0.5) is 0 Å². The number of phenols is 1. The summed E-state index contributed by atoms with van der Waals surface area (Å²) in [5.74, 6) is 0.331. The number of phenolic OH excluding ortho intramolecular Hbond substituents is 1. The number of nitrogens with zero attached hydrogens (tertiary/aromatic N) is 1. The Morgan fingerprint density at radius 3 is 2.88 bits per heavy atom. The lowest BCUT2D eigenvalue weighted by molar-refractivity contribution is 0.382. The van der Waals surface area contributed by atoms with Crippen molar-refractivity contribution in [1.29, 1.82) is 0 Å². The van der Waals surface area contributed by atoms with Crippen molar-refractivity contribution >= 4 is 10.9 Å². The zero-order chi connectivity index (χ0) is 17.1. The highest BCUT2D eigenvalue weighted by Gasteiger charge is 2.13. The van der Waals surface area contributed by atoms with Gasteiger partial charge in [0, 0.05) is 23.2 Å². The Kier molecular flexibility index (Phi) is 4.66. The molecule has 4 rings (SSSR count). The lowest BCUT2D eigenvalue weighted by atomic mass is 9.95. The lowest BCUT2D eigenvalue weighted by Crippen LogP contribution is -2.34. The normalized spacial score (nSPS) is 17.7. The lowest BCUT2D eigenvalue weighted by Gasteiger charge is -2.23. The van der Waals surface area contributed by atoms with E-state index in [4.69, 9.17) is 0 Å². The first-order chi connectivity index (χ1) is 12.3. The van der Waals surface area contributed by atoms with E-state index in [2.05, 4.69) is 40.6 Å². The summed E-state index contributed by atoms with van der Waals surface area (Å²) in [6.45, 7) is 1.14. The van der Waals surface area contributed by atoms with Crippen LogP contribution in [0, 0.1) is 0 Å². The Labute approximate surface area is 148 Å². The number of hydrogen-bond donors (Lipinski definition) is 2. The van der Waals surface area contributed by atoms with Gasteiger partial charge in [-0.25, -0.2) is 0 Å². The molecule has 0 bridgehead atoms. The molecular formula is C22H24N2O. The third-order valence-corrected chi connectivity index (χ3v) is 5.12. The molecule has 128 valence electrons. The quantitative estimate of drug-likeness (QED) is 0.729. The maximum absolute atomic E-state index is 10.2. The fourth-order valence-electron chi connectivity index (χ4n) is 3.82. The van der Waals surface area contributed by atoms with E-state index in [1.807, 2.05) is 24.4 Å². The highest BCUT2D eigenvalue weighted by Crippen LogP contribution is 2.31. The van der Waals surface area contributed by atoms with Crippen LogP contribution in [0.2, 0.25) is 0 Å². The minimum atomic E-state index is 0.331. The van der Waals surface area contributed by atoms with Gasteiger partial charge in [-0.3, -0.25) is 4.98 Å². The van der Waals surface area contributed by atoms with Gasteiger partial charge in [-0.15, -0.1) is 0 Å². The summed E-state index contributed by atoms with van der Waals surface area (Å²) in [4.78, 5) is 4.54. The van der Waals surface area contributed by atoms with Gasteiger partial charge in [0.15, 0.2) is 0 Å². The van der Waals surface area contributed by atoms with Gasteiger partial charge in [-0.05, 0) is 61.6 Å². The summed E-state index contributed by atoms with van der Waals surface area (Å²) in [6.07, 6.45) is 7.81. The Morgan fingerprint density at radius 1 is 1.08 bits per heavy atom. The molecule has 2 N–H and O–H groups in total. The molecule has 0 spiro atoms. The van der Waals surface area contributed by atoms with Crippen LogP contribution < -0.4 is 5.32 Å². The molecule has 3 nitrogen and oxygen atoms in total. The van der Waals surface area contributed by atoms with Crippen LogP contribution in [0.3, 0.4) is 0 Å². The second kappa shape index (κ2) is 7.24. The average Bonchev–Trinajstić information content (AvgIpc) is 2.66. The zero-order valence-corrected chi connectivity index (χ0v) is 14.4. The molecule has 2 aromatic carbocycles. The summed E-state index contributed by atoms with van der Waals surface area (Å²) in [5.41, 5.74) is 4.28. The van der Waals surface area contributed by atoms with E-state index in [1.54, 1.807) is 0 Å². The van der Waals surface area contributed by atoms with Crippen molar-refractivity contribution in [1.82, 2.24) is 10.3 Å². The molecule has 0 aliphatic carbocycles. The highest BCUT2D eigenvalue weighted by atomic mass is 16.3. The monoisotopic (exact) mass is 332 g/mol. The number of nitrogens with one attached hydrogen (secondary N) is 1. The number of aryl methyl sites for hydroxylation is 1. The molecule has 1 aliphatic heterocycles. The number of aromatic hydroxyl groups is 1. The number of piperidine rings is 1. The van der Waals surface area contributed by atoms with Crippen molar-refractivity contribution in [3.8, 4) is 16.9 Å². The number of para-hydroxylation sites is 1. The van der Waals surface area contributed by atoms with Gasteiger partial charge in [0.2, 0.25) is 0 Å². The minimum absolute atomic E-state index is 0.331. The summed E-state index contributed by atoms with van der Waals surface area (Å²) >= 11 is 0. The largest absolute Gasteiger partial charge is 0.508 e. The van der Waals surface area contributed by atoms with Crippen molar-refractivity contribution in [3.05, 3.63) is 60.3 Å². The Bertz CT molecular complexity index is 864. The number of aromatic nitrogens is 1. The van der Waals surface area contributed by atoms with Crippen LogP contribution in [0.25, 0.3) is 22.0 Å². The van der Waals surface area contributed by atoms with Crippen molar-refractivity contribution in [2.24, 2.45) is 0 Å². The maximum Gasteiger partial charge on any atom is 0.116 e. The van der Waals surface area contributed by atoms with E-state index in [0.717, 1.165) is 41.4 Å². The number of benzene rings is 2. The van der Waals surface area contributed by atoms with Gasteiger partial charge in [0.05, 0.1) is 5.52 Å². The summed E-state index contributed by atoms with van der Waals surface area (Å²) in [6, 6.07) is 16.8. The fraction of sp³-hybridized carbons (Fsp3) is 0.318. The van der Waals surface area contributed by atoms with E-state index in [0.29, 0.717) is 11.8 Å². The van der Waals surface area contributed by atoms with Crippen LogP contribution in [0.15, 0.2) is 54.7 Å². The smallest absolute Gasteiger partial charge is 0.116 e. The van der Waals surface area contributed by atoms with Gasteiger partial charge < -0.3 is 10.4 Å². The van der Waals surface area contributed by atoms with Gasteiger partial charge in [0.25, 0.3) is 0 Å². The molecule has 1 fully saturated rings. The molecule has 1 aliphatic rings. The predicted molar refractivity (Wildman–Crippen MR) is 103 cm³/mol. The molecule has 3 aromatic rings. The third-order valence-electron chi connectivity index (χ3n) is 5.12. The molecule has 0 amide bonds. The van der Waals surface area contributed by atoms with Crippen LogP contribution >= 0.6 is 0 Å². The molecule has 1 atom stereocenters. The maximum atomic E-state index is 10.2. The Hall–Kier alpha value is -2.39. The third kappa shape index (κ3) is 3.67. The number of pyridine rings is 1. The van der Waals surface area contributed by atoms with E-state index < -0.39 is 0 Å². The topological polar surface area (TPSA) is 45.1 Å². The summed E-state index contributed by atoms with van der Waals surface area (Å²) in [5, 5.41) is 15.0. The van der Waals surface area contributed by atoms with Gasteiger partial charge in [-0.1, -0.05) is 36.8 Å². The van der Waals surface area contributed by atoms with Crippen LogP contribution in [0.5, 0.6) is 5.75 Å². The van der Waals surface area contributed by atoms with Gasteiger partial charge in [0.1, 0.15) is 5.75 Å². The number of rotatable bonds is 4. The van der Waals surface area contributed by atoms with Crippen molar-refractivity contribution < 1.29 is 5.11 Å². The first-order valence-corrected chi connectivity index (χ1v) is 9.20. The minimum Gasteiger partial charge on any atom is -0.508 e. The summed E-state index contributed by atoms with van der Waals surface area (Å²) in [7, 11) is 0. The first-order valence-electron chi connectivity index (χ1n) is 9.20. The van der Waals surface area contributed by atoms with Gasteiger partial charge >= 0.3 is 0 Å². The molecule has 25 heavy (non-hydrogen) atoms. The molecule has 1 aromatic heterocycles. The van der Waals surface area contributed by atoms with Crippen molar-refractivity contribution in [3.63, 3.8) is 0 Å². The molecular weight excluding hydrogens is 308 g/mol.